The van der Waals surface area contributed by atoms with Crippen LogP contribution >= 0.6 is 0 Å². The smallest absolute Gasteiger partial charge is 0.0320 e. The second-order valence-electron chi connectivity index (χ2n) is 6.95. The van der Waals surface area contributed by atoms with Gasteiger partial charge in [0.1, 0.15) is 0 Å². The summed E-state index contributed by atoms with van der Waals surface area (Å²) in [4.78, 5) is 0. The minimum Gasteiger partial charge on any atom is -0.310 e. The summed E-state index contributed by atoms with van der Waals surface area (Å²) in [6.45, 7) is 14.7. The standard InChI is InChI=1S/C18H31N/c1-7-12-19-17(10-11-18(4,5)6)16-9-8-14(2)15(3)13-16/h8-9,13,17,19H,7,10-12H2,1-6H3. The first-order valence-corrected chi connectivity index (χ1v) is 7.64. The summed E-state index contributed by atoms with van der Waals surface area (Å²) >= 11 is 0. The molecule has 0 heterocycles. The zero-order valence-corrected chi connectivity index (χ0v) is 13.6. The highest BCUT2D eigenvalue weighted by atomic mass is 14.9. The van der Waals surface area contributed by atoms with Crippen molar-refractivity contribution >= 4 is 0 Å². The Labute approximate surface area is 119 Å². The molecule has 0 saturated carbocycles. The van der Waals surface area contributed by atoms with E-state index in [9.17, 15) is 0 Å². The summed E-state index contributed by atoms with van der Waals surface area (Å²) in [5.74, 6) is 0. The van der Waals surface area contributed by atoms with Gasteiger partial charge in [0.05, 0.1) is 0 Å². The number of nitrogens with one attached hydrogen (secondary N) is 1. The zero-order valence-electron chi connectivity index (χ0n) is 13.6. The van der Waals surface area contributed by atoms with Gasteiger partial charge in [-0.05, 0) is 61.8 Å². The van der Waals surface area contributed by atoms with Gasteiger partial charge in [0.15, 0.2) is 0 Å². The van der Waals surface area contributed by atoms with Gasteiger partial charge in [-0.3, -0.25) is 0 Å². The maximum atomic E-state index is 3.70. The van der Waals surface area contributed by atoms with Crippen molar-refractivity contribution in [3.8, 4) is 0 Å². The summed E-state index contributed by atoms with van der Waals surface area (Å²) in [6, 6.07) is 7.39. The molecule has 0 radical (unpaired) electrons. The first-order valence-electron chi connectivity index (χ1n) is 7.64. The Morgan fingerprint density at radius 1 is 1.11 bits per heavy atom. The first-order chi connectivity index (χ1) is 8.83. The average Bonchev–Trinajstić information content (AvgIpc) is 2.32. The second-order valence-corrected chi connectivity index (χ2v) is 6.95. The fourth-order valence-corrected chi connectivity index (χ4v) is 2.26. The van der Waals surface area contributed by atoms with Crippen molar-refractivity contribution < 1.29 is 0 Å². The van der Waals surface area contributed by atoms with Crippen LogP contribution in [0.2, 0.25) is 0 Å². The highest BCUT2D eigenvalue weighted by Gasteiger charge is 2.16. The summed E-state index contributed by atoms with van der Waals surface area (Å²) in [6.07, 6.45) is 3.66. The van der Waals surface area contributed by atoms with Crippen LogP contribution in [0, 0.1) is 19.3 Å². The fourth-order valence-electron chi connectivity index (χ4n) is 2.26. The lowest BCUT2D eigenvalue weighted by Gasteiger charge is -2.25. The molecule has 1 heteroatoms. The summed E-state index contributed by atoms with van der Waals surface area (Å²) in [5, 5.41) is 3.70. The van der Waals surface area contributed by atoms with Crippen molar-refractivity contribution in [3.63, 3.8) is 0 Å². The third-order valence-electron chi connectivity index (χ3n) is 3.76. The van der Waals surface area contributed by atoms with Gasteiger partial charge in [-0.25, -0.2) is 0 Å². The number of aryl methyl sites for hydroxylation is 2. The topological polar surface area (TPSA) is 12.0 Å². The number of hydrogen-bond acceptors (Lipinski definition) is 1. The van der Waals surface area contributed by atoms with Crippen molar-refractivity contribution in [1.82, 2.24) is 5.32 Å². The Kier molecular flexibility index (Phi) is 6.06. The van der Waals surface area contributed by atoms with Crippen molar-refractivity contribution in [2.24, 2.45) is 5.41 Å². The molecule has 19 heavy (non-hydrogen) atoms. The van der Waals surface area contributed by atoms with E-state index >= 15 is 0 Å². The largest absolute Gasteiger partial charge is 0.310 e. The SMILES string of the molecule is CCCNC(CCC(C)(C)C)c1ccc(C)c(C)c1. The molecular weight excluding hydrogens is 230 g/mol. The average molecular weight is 261 g/mol. The first kappa shape index (κ1) is 16.2. The molecule has 1 nitrogen and oxygen atoms in total. The van der Waals surface area contributed by atoms with E-state index in [4.69, 9.17) is 0 Å². The molecule has 0 fully saturated rings. The molecule has 1 atom stereocenters. The third kappa shape index (κ3) is 5.78. The maximum Gasteiger partial charge on any atom is 0.0320 e. The number of benzene rings is 1. The highest BCUT2D eigenvalue weighted by Crippen LogP contribution is 2.28. The van der Waals surface area contributed by atoms with Crippen LogP contribution < -0.4 is 5.32 Å². The lowest BCUT2D eigenvalue weighted by atomic mass is 9.86. The van der Waals surface area contributed by atoms with E-state index in [0.29, 0.717) is 11.5 Å². The summed E-state index contributed by atoms with van der Waals surface area (Å²) in [5.41, 5.74) is 4.64. The molecule has 0 spiro atoms. The predicted molar refractivity (Wildman–Crippen MR) is 85.6 cm³/mol. The normalized spacial score (nSPS) is 13.6. The van der Waals surface area contributed by atoms with Gasteiger partial charge in [0, 0.05) is 6.04 Å². The molecule has 0 aliphatic rings. The molecule has 1 aromatic rings. The minimum absolute atomic E-state index is 0.409. The molecule has 1 unspecified atom stereocenters. The van der Waals surface area contributed by atoms with E-state index in [-0.39, 0.29) is 0 Å². The van der Waals surface area contributed by atoms with E-state index in [0.717, 1.165) is 6.54 Å². The van der Waals surface area contributed by atoms with Gasteiger partial charge in [0.2, 0.25) is 0 Å². The van der Waals surface area contributed by atoms with Crippen LogP contribution in [0.25, 0.3) is 0 Å². The predicted octanol–water partition coefficient (Wildman–Crippen LogP) is 5.17. The van der Waals surface area contributed by atoms with Crippen molar-refractivity contribution in [1.29, 1.82) is 0 Å². The lowest BCUT2D eigenvalue weighted by molar-refractivity contribution is 0.332. The molecule has 108 valence electrons. The number of hydrogen-bond donors (Lipinski definition) is 1. The van der Waals surface area contributed by atoms with Crippen molar-refractivity contribution in [2.45, 2.75) is 66.8 Å². The van der Waals surface area contributed by atoms with Gasteiger partial charge < -0.3 is 5.32 Å². The van der Waals surface area contributed by atoms with E-state index in [1.165, 1.54) is 36.0 Å². The van der Waals surface area contributed by atoms with Gasteiger partial charge >= 0.3 is 0 Å². The fraction of sp³-hybridized carbons (Fsp3) is 0.667. The van der Waals surface area contributed by atoms with Gasteiger partial charge in [-0.15, -0.1) is 0 Å². The molecule has 0 aliphatic heterocycles. The van der Waals surface area contributed by atoms with E-state index in [1.54, 1.807) is 0 Å². The Morgan fingerprint density at radius 3 is 2.32 bits per heavy atom. The quantitative estimate of drug-likeness (QED) is 0.745. The molecule has 0 aromatic heterocycles. The molecule has 1 N–H and O–H groups in total. The molecule has 0 saturated heterocycles. The van der Waals surface area contributed by atoms with Crippen molar-refractivity contribution in [2.75, 3.05) is 6.54 Å². The van der Waals surface area contributed by atoms with Crippen LogP contribution in [-0.2, 0) is 0 Å². The van der Waals surface area contributed by atoms with Crippen LogP contribution in [0.1, 0.15) is 69.7 Å². The summed E-state index contributed by atoms with van der Waals surface area (Å²) < 4.78 is 0. The zero-order chi connectivity index (χ0) is 14.5. The Hall–Kier alpha value is -0.820. The monoisotopic (exact) mass is 261 g/mol. The van der Waals surface area contributed by atoms with E-state index in [2.05, 4.69) is 65.1 Å². The van der Waals surface area contributed by atoms with Crippen molar-refractivity contribution in [3.05, 3.63) is 34.9 Å². The molecular formula is C18H31N. The Balaban J connectivity index is 2.79. The second kappa shape index (κ2) is 7.09. The molecule has 0 bridgehead atoms. The highest BCUT2D eigenvalue weighted by molar-refractivity contribution is 5.31. The number of rotatable bonds is 6. The third-order valence-corrected chi connectivity index (χ3v) is 3.76. The van der Waals surface area contributed by atoms with Gasteiger partial charge in [-0.2, -0.15) is 0 Å². The van der Waals surface area contributed by atoms with Gasteiger partial charge in [-0.1, -0.05) is 45.9 Å². The van der Waals surface area contributed by atoms with Crippen LogP contribution in [0.4, 0.5) is 0 Å². The van der Waals surface area contributed by atoms with E-state index in [1.807, 2.05) is 0 Å². The Morgan fingerprint density at radius 2 is 1.79 bits per heavy atom. The van der Waals surface area contributed by atoms with E-state index < -0.39 is 0 Å². The summed E-state index contributed by atoms with van der Waals surface area (Å²) in [7, 11) is 0. The lowest BCUT2D eigenvalue weighted by Crippen LogP contribution is -2.23. The van der Waals surface area contributed by atoms with Crippen LogP contribution in [0.5, 0.6) is 0 Å². The van der Waals surface area contributed by atoms with Crippen LogP contribution in [-0.4, -0.2) is 6.54 Å². The minimum atomic E-state index is 0.409. The van der Waals surface area contributed by atoms with Crippen LogP contribution in [0.3, 0.4) is 0 Å². The Bertz CT molecular complexity index is 387. The van der Waals surface area contributed by atoms with Gasteiger partial charge in [0.25, 0.3) is 0 Å². The molecule has 0 aliphatic carbocycles. The van der Waals surface area contributed by atoms with Crippen LogP contribution in [0.15, 0.2) is 18.2 Å². The maximum absolute atomic E-state index is 3.70. The molecule has 1 rings (SSSR count). The molecule has 1 aromatic carbocycles. The molecule has 0 amide bonds.